The maximum Gasteiger partial charge on any atom is 0.233 e. The molecule has 1 heterocycles. The van der Waals surface area contributed by atoms with Crippen LogP contribution in [0.15, 0.2) is 48.5 Å². The maximum atomic E-state index is 14.3. The molecule has 0 aliphatic heterocycles. The molecule has 3 aromatic rings. The summed E-state index contributed by atoms with van der Waals surface area (Å²) >= 11 is 4.85. The van der Waals surface area contributed by atoms with Crippen LogP contribution in [0.1, 0.15) is 16.1 Å². The molecule has 0 bridgehead atoms. The van der Waals surface area contributed by atoms with E-state index in [1.54, 1.807) is 6.07 Å². The maximum absolute atomic E-state index is 14.3. The lowest BCUT2D eigenvalue weighted by Gasteiger charge is -2.08. The Morgan fingerprint density at radius 3 is 2.65 bits per heavy atom. The summed E-state index contributed by atoms with van der Waals surface area (Å²) in [5.41, 5.74) is 2.61. The lowest BCUT2D eigenvalue weighted by molar-refractivity contribution is 0.296. The number of halogens is 2. The zero-order valence-electron chi connectivity index (χ0n) is 12.6. The summed E-state index contributed by atoms with van der Waals surface area (Å²) in [5, 5.41) is 1.53. The van der Waals surface area contributed by atoms with Gasteiger partial charge in [-0.2, -0.15) is 0 Å². The molecule has 0 N–H and O–H groups in total. The topological polar surface area (TPSA) is 22.1 Å². The Bertz CT molecular complexity index is 804. The van der Waals surface area contributed by atoms with Crippen LogP contribution in [-0.4, -0.2) is 4.98 Å². The quantitative estimate of drug-likeness (QED) is 0.518. The van der Waals surface area contributed by atoms with Gasteiger partial charge in [0.15, 0.2) is 0 Å². The third kappa shape index (κ3) is 3.79. The van der Waals surface area contributed by atoms with E-state index in [4.69, 9.17) is 4.74 Å². The van der Waals surface area contributed by atoms with E-state index >= 15 is 0 Å². The van der Waals surface area contributed by atoms with Crippen molar-refractivity contribution in [1.82, 2.24) is 4.98 Å². The Hall–Kier alpha value is -1.72. The van der Waals surface area contributed by atoms with Gasteiger partial charge in [-0.05, 0) is 30.2 Å². The van der Waals surface area contributed by atoms with Gasteiger partial charge >= 0.3 is 0 Å². The average molecular weight is 392 g/mol. The van der Waals surface area contributed by atoms with Gasteiger partial charge < -0.3 is 4.74 Å². The number of rotatable bonds is 5. The molecule has 2 nitrogen and oxygen atoms in total. The Kier molecular flexibility index (Phi) is 5.08. The van der Waals surface area contributed by atoms with Gasteiger partial charge in [0, 0.05) is 10.9 Å². The van der Waals surface area contributed by atoms with Gasteiger partial charge in [-0.15, -0.1) is 11.3 Å². The van der Waals surface area contributed by atoms with Crippen molar-refractivity contribution in [3.8, 4) is 16.3 Å². The molecule has 23 heavy (non-hydrogen) atoms. The van der Waals surface area contributed by atoms with Crippen LogP contribution in [-0.2, 0) is 11.9 Å². The molecule has 3 rings (SSSR count). The molecular formula is C18H15BrFNOS. The first kappa shape index (κ1) is 16.1. The molecule has 0 spiro atoms. The standard InChI is InChI=1S/C18H15BrFNOS/c1-12-21-18(22-11-13-5-3-2-4-6-13)17(23-12)15-9-14(10-19)7-8-16(15)20/h2-9H,10-11H2,1H3. The van der Waals surface area contributed by atoms with E-state index < -0.39 is 0 Å². The first-order valence-electron chi connectivity index (χ1n) is 7.16. The van der Waals surface area contributed by atoms with Gasteiger partial charge in [0.1, 0.15) is 17.3 Å². The Morgan fingerprint density at radius 1 is 1.13 bits per heavy atom. The van der Waals surface area contributed by atoms with Crippen molar-refractivity contribution >= 4 is 27.3 Å². The second kappa shape index (κ2) is 7.23. The number of thiazole rings is 1. The molecule has 118 valence electrons. The van der Waals surface area contributed by atoms with Crippen molar-refractivity contribution in [3.05, 3.63) is 70.5 Å². The molecule has 2 aromatic carbocycles. The molecule has 0 radical (unpaired) electrons. The van der Waals surface area contributed by atoms with Crippen LogP contribution in [0, 0.1) is 12.7 Å². The predicted octanol–water partition coefficient (Wildman–Crippen LogP) is 5.73. The first-order chi connectivity index (χ1) is 11.2. The average Bonchev–Trinajstić information content (AvgIpc) is 2.95. The Balaban J connectivity index is 1.92. The lowest BCUT2D eigenvalue weighted by Crippen LogP contribution is -1.97. The van der Waals surface area contributed by atoms with Crippen LogP contribution in [0.5, 0.6) is 5.88 Å². The van der Waals surface area contributed by atoms with Crippen molar-refractivity contribution in [1.29, 1.82) is 0 Å². The third-order valence-corrected chi connectivity index (χ3v) is 4.98. The summed E-state index contributed by atoms with van der Waals surface area (Å²) < 4.78 is 20.1. The van der Waals surface area contributed by atoms with Gasteiger partial charge in [-0.3, -0.25) is 0 Å². The van der Waals surface area contributed by atoms with Crippen LogP contribution in [0.4, 0.5) is 4.39 Å². The molecule has 0 unspecified atom stereocenters. The van der Waals surface area contributed by atoms with Crippen LogP contribution < -0.4 is 4.74 Å². The van der Waals surface area contributed by atoms with E-state index in [0.29, 0.717) is 23.4 Å². The van der Waals surface area contributed by atoms with E-state index in [1.165, 1.54) is 17.4 Å². The van der Waals surface area contributed by atoms with Crippen LogP contribution in [0.3, 0.4) is 0 Å². The molecule has 0 atom stereocenters. The van der Waals surface area contributed by atoms with E-state index in [9.17, 15) is 4.39 Å². The molecule has 0 saturated carbocycles. The Labute approximate surface area is 147 Å². The van der Waals surface area contributed by atoms with Crippen molar-refractivity contribution in [2.75, 3.05) is 0 Å². The smallest absolute Gasteiger partial charge is 0.233 e. The second-order valence-electron chi connectivity index (χ2n) is 5.09. The van der Waals surface area contributed by atoms with Crippen LogP contribution >= 0.6 is 27.3 Å². The highest BCUT2D eigenvalue weighted by Crippen LogP contribution is 2.38. The van der Waals surface area contributed by atoms with Gasteiger partial charge in [0.05, 0.1) is 5.01 Å². The van der Waals surface area contributed by atoms with Gasteiger partial charge in [-0.1, -0.05) is 52.3 Å². The highest BCUT2D eigenvalue weighted by atomic mass is 79.9. The summed E-state index contributed by atoms with van der Waals surface area (Å²) in [6, 6.07) is 15.0. The minimum atomic E-state index is -0.261. The number of nitrogens with zero attached hydrogens (tertiary/aromatic N) is 1. The molecule has 5 heteroatoms. The van der Waals surface area contributed by atoms with Crippen molar-refractivity contribution < 1.29 is 9.13 Å². The number of hydrogen-bond donors (Lipinski definition) is 0. The summed E-state index contributed by atoms with van der Waals surface area (Å²) in [7, 11) is 0. The van der Waals surface area contributed by atoms with Gasteiger partial charge in [-0.25, -0.2) is 9.37 Å². The number of benzene rings is 2. The predicted molar refractivity (Wildman–Crippen MR) is 95.7 cm³/mol. The third-order valence-electron chi connectivity index (χ3n) is 3.35. The number of aromatic nitrogens is 1. The van der Waals surface area contributed by atoms with Crippen LogP contribution in [0.2, 0.25) is 0 Å². The Morgan fingerprint density at radius 2 is 1.91 bits per heavy atom. The summed E-state index contributed by atoms with van der Waals surface area (Å²) in [5.74, 6) is 0.227. The minimum absolute atomic E-state index is 0.261. The fraction of sp³-hybridized carbons (Fsp3) is 0.167. The van der Waals surface area contributed by atoms with Crippen molar-refractivity contribution in [2.24, 2.45) is 0 Å². The summed E-state index contributed by atoms with van der Waals surface area (Å²) in [6.45, 7) is 2.31. The molecule has 0 aliphatic rings. The fourth-order valence-electron chi connectivity index (χ4n) is 2.23. The minimum Gasteiger partial charge on any atom is -0.472 e. The zero-order valence-corrected chi connectivity index (χ0v) is 15.0. The van der Waals surface area contributed by atoms with Crippen LogP contribution in [0.25, 0.3) is 10.4 Å². The molecule has 0 fully saturated rings. The monoisotopic (exact) mass is 391 g/mol. The molecule has 0 amide bonds. The zero-order chi connectivity index (χ0) is 16.2. The largest absolute Gasteiger partial charge is 0.472 e. The molecule has 0 saturated heterocycles. The van der Waals surface area contributed by atoms with E-state index in [1.807, 2.05) is 43.3 Å². The molecule has 0 aliphatic carbocycles. The fourth-order valence-corrected chi connectivity index (χ4v) is 3.46. The highest BCUT2D eigenvalue weighted by molar-refractivity contribution is 9.08. The van der Waals surface area contributed by atoms with Crippen molar-refractivity contribution in [2.45, 2.75) is 18.9 Å². The number of hydrogen-bond acceptors (Lipinski definition) is 3. The molecular weight excluding hydrogens is 377 g/mol. The van der Waals surface area contributed by atoms with E-state index in [-0.39, 0.29) is 5.82 Å². The SMILES string of the molecule is Cc1nc(OCc2ccccc2)c(-c2cc(CBr)ccc2F)s1. The van der Waals surface area contributed by atoms with Crippen molar-refractivity contribution in [3.63, 3.8) is 0 Å². The van der Waals surface area contributed by atoms with Gasteiger partial charge in [0.25, 0.3) is 0 Å². The number of aryl methyl sites for hydroxylation is 1. The summed E-state index contributed by atoms with van der Waals surface area (Å²) in [4.78, 5) is 5.15. The normalized spacial score (nSPS) is 10.7. The lowest BCUT2D eigenvalue weighted by atomic mass is 10.1. The highest BCUT2D eigenvalue weighted by Gasteiger charge is 2.17. The van der Waals surface area contributed by atoms with E-state index in [2.05, 4.69) is 20.9 Å². The number of alkyl halides is 1. The molecule has 1 aromatic heterocycles. The number of ether oxygens (including phenoxy) is 1. The summed E-state index contributed by atoms with van der Waals surface area (Å²) in [6.07, 6.45) is 0. The first-order valence-corrected chi connectivity index (χ1v) is 9.10. The van der Waals surface area contributed by atoms with E-state index in [0.717, 1.165) is 21.0 Å². The van der Waals surface area contributed by atoms with Gasteiger partial charge in [0.2, 0.25) is 5.88 Å². The second-order valence-corrected chi connectivity index (χ2v) is 6.85.